The monoisotopic (exact) mass is 302 g/mol. The number of benzene rings is 1. The number of hydrogen-bond acceptors (Lipinski definition) is 5. The number of aliphatic hydroxyl groups is 1. The lowest BCUT2D eigenvalue weighted by Crippen LogP contribution is -2.27. The van der Waals surface area contributed by atoms with E-state index in [1.807, 2.05) is 0 Å². The van der Waals surface area contributed by atoms with Crippen LogP contribution < -0.4 is 4.74 Å². The van der Waals surface area contributed by atoms with Crippen LogP contribution in [0.4, 0.5) is 4.39 Å². The molecule has 7 heteroatoms. The number of hydrogen-bond donors (Lipinski definition) is 2. The lowest BCUT2D eigenvalue weighted by Gasteiger charge is -2.17. The van der Waals surface area contributed by atoms with Gasteiger partial charge >= 0.3 is 5.97 Å². The highest BCUT2D eigenvalue weighted by molar-refractivity contribution is 5.90. The van der Waals surface area contributed by atoms with Crippen molar-refractivity contribution < 1.29 is 33.6 Å². The average molecular weight is 302 g/mol. The van der Waals surface area contributed by atoms with Crippen molar-refractivity contribution in [2.24, 2.45) is 0 Å². The molecule has 1 rings (SSSR count). The van der Waals surface area contributed by atoms with Crippen LogP contribution in [0.25, 0.3) is 0 Å². The highest BCUT2D eigenvalue weighted by Crippen LogP contribution is 2.20. The Bertz CT molecular complexity index is 465. The molecule has 1 aromatic rings. The molecule has 21 heavy (non-hydrogen) atoms. The van der Waals surface area contributed by atoms with Crippen LogP contribution >= 0.6 is 0 Å². The molecule has 0 fully saturated rings. The van der Waals surface area contributed by atoms with Crippen LogP contribution in [0.15, 0.2) is 18.2 Å². The van der Waals surface area contributed by atoms with Gasteiger partial charge in [0.25, 0.3) is 0 Å². The first kappa shape index (κ1) is 17.4. The molecular formula is C14H19FO6. The lowest BCUT2D eigenvalue weighted by atomic mass is 10.2. The number of methoxy groups -OCH3 is 1. The minimum absolute atomic E-state index is 0.00658. The SMILES string of the molecule is COCC(C)OCC(O)COc1ccc(F)cc1C(=O)O. The van der Waals surface area contributed by atoms with Crippen molar-refractivity contribution in [1.29, 1.82) is 0 Å². The zero-order valence-corrected chi connectivity index (χ0v) is 11.9. The average Bonchev–Trinajstić information content (AvgIpc) is 2.44. The predicted octanol–water partition coefficient (Wildman–Crippen LogP) is 1.32. The number of carboxylic acid groups (broad SMARTS) is 1. The van der Waals surface area contributed by atoms with Crippen LogP contribution in [0, 0.1) is 5.82 Å². The van der Waals surface area contributed by atoms with Gasteiger partial charge in [-0.1, -0.05) is 0 Å². The van der Waals surface area contributed by atoms with Gasteiger partial charge in [0, 0.05) is 7.11 Å². The molecule has 0 heterocycles. The van der Waals surface area contributed by atoms with Crippen molar-refractivity contribution in [3.63, 3.8) is 0 Å². The van der Waals surface area contributed by atoms with E-state index in [0.717, 1.165) is 12.1 Å². The van der Waals surface area contributed by atoms with E-state index in [1.54, 1.807) is 14.0 Å². The maximum absolute atomic E-state index is 13.0. The number of ether oxygens (including phenoxy) is 3. The van der Waals surface area contributed by atoms with Crippen molar-refractivity contribution in [3.8, 4) is 5.75 Å². The molecule has 0 aromatic heterocycles. The Morgan fingerprint density at radius 2 is 2.05 bits per heavy atom. The molecule has 2 unspecified atom stereocenters. The molecule has 0 saturated heterocycles. The van der Waals surface area contributed by atoms with Crippen LogP contribution in [0.3, 0.4) is 0 Å². The minimum Gasteiger partial charge on any atom is -0.490 e. The summed E-state index contributed by atoms with van der Waals surface area (Å²) in [6.07, 6.45) is -1.11. The van der Waals surface area contributed by atoms with E-state index in [1.165, 1.54) is 6.07 Å². The van der Waals surface area contributed by atoms with Gasteiger partial charge in [-0.2, -0.15) is 0 Å². The number of rotatable bonds is 9. The fraction of sp³-hybridized carbons (Fsp3) is 0.500. The predicted molar refractivity (Wildman–Crippen MR) is 72.2 cm³/mol. The summed E-state index contributed by atoms with van der Waals surface area (Å²) in [7, 11) is 1.54. The molecule has 0 aliphatic heterocycles. The Morgan fingerprint density at radius 3 is 2.67 bits per heavy atom. The third-order valence-electron chi connectivity index (χ3n) is 2.58. The first-order valence-electron chi connectivity index (χ1n) is 6.38. The van der Waals surface area contributed by atoms with Gasteiger partial charge in [0.1, 0.15) is 29.8 Å². The summed E-state index contributed by atoms with van der Waals surface area (Å²) < 4.78 is 28.4. The Morgan fingerprint density at radius 1 is 1.33 bits per heavy atom. The maximum atomic E-state index is 13.0. The van der Waals surface area contributed by atoms with E-state index >= 15 is 0 Å². The Hall–Kier alpha value is -1.70. The molecule has 2 N–H and O–H groups in total. The summed E-state index contributed by atoms with van der Waals surface area (Å²) in [4.78, 5) is 11.0. The molecule has 0 saturated carbocycles. The lowest BCUT2D eigenvalue weighted by molar-refractivity contribution is -0.0423. The largest absolute Gasteiger partial charge is 0.490 e. The fourth-order valence-corrected chi connectivity index (χ4v) is 1.59. The molecule has 0 bridgehead atoms. The van der Waals surface area contributed by atoms with Crippen molar-refractivity contribution in [2.45, 2.75) is 19.1 Å². The Kier molecular flexibility index (Phi) is 7.07. The van der Waals surface area contributed by atoms with Gasteiger partial charge in [0.2, 0.25) is 0 Å². The standard InChI is InChI=1S/C14H19FO6/c1-9(6-19-2)20-7-11(16)8-21-13-4-3-10(15)5-12(13)14(17)18/h3-5,9,11,16H,6-8H2,1-2H3,(H,17,18). The molecule has 1 aromatic carbocycles. The van der Waals surface area contributed by atoms with E-state index in [2.05, 4.69) is 0 Å². The van der Waals surface area contributed by atoms with Crippen molar-refractivity contribution >= 4 is 5.97 Å². The van der Waals surface area contributed by atoms with Gasteiger partial charge < -0.3 is 24.4 Å². The van der Waals surface area contributed by atoms with E-state index in [0.29, 0.717) is 6.61 Å². The fourth-order valence-electron chi connectivity index (χ4n) is 1.59. The number of carboxylic acids is 1. The molecule has 0 spiro atoms. The zero-order chi connectivity index (χ0) is 15.8. The third-order valence-corrected chi connectivity index (χ3v) is 2.58. The zero-order valence-electron chi connectivity index (χ0n) is 11.9. The second-order valence-electron chi connectivity index (χ2n) is 4.51. The highest BCUT2D eigenvalue weighted by atomic mass is 19.1. The minimum atomic E-state index is -1.30. The summed E-state index contributed by atoms with van der Waals surface area (Å²) in [6.45, 7) is 2.05. The van der Waals surface area contributed by atoms with Crippen LogP contribution in [0.5, 0.6) is 5.75 Å². The number of carbonyl (C=O) groups is 1. The normalized spacial score (nSPS) is 13.7. The van der Waals surface area contributed by atoms with E-state index < -0.39 is 17.9 Å². The van der Waals surface area contributed by atoms with Gasteiger partial charge in [0.05, 0.1) is 19.3 Å². The Balaban J connectivity index is 2.49. The van der Waals surface area contributed by atoms with Crippen molar-refractivity contribution in [2.75, 3.05) is 26.9 Å². The molecule has 0 radical (unpaired) electrons. The van der Waals surface area contributed by atoms with Gasteiger partial charge in [-0.15, -0.1) is 0 Å². The van der Waals surface area contributed by atoms with Gasteiger partial charge in [-0.3, -0.25) is 0 Å². The van der Waals surface area contributed by atoms with Crippen LogP contribution in [0.2, 0.25) is 0 Å². The summed E-state index contributed by atoms with van der Waals surface area (Å²) in [5.74, 6) is -1.98. The first-order chi connectivity index (χ1) is 9.93. The summed E-state index contributed by atoms with van der Waals surface area (Å²) >= 11 is 0. The van der Waals surface area contributed by atoms with Crippen LogP contribution in [0.1, 0.15) is 17.3 Å². The summed E-state index contributed by atoms with van der Waals surface area (Å²) in [5.41, 5.74) is -0.295. The first-order valence-corrected chi connectivity index (χ1v) is 6.38. The van der Waals surface area contributed by atoms with Gasteiger partial charge in [-0.25, -0.2) is 9.18 Å². The van der Waals surface area contributed by atoms with E-state index in [-0.39, 0.29) is 30.6 Å². The van der Waals surface area contributed by atoms with Gasteiger partial charge in [0.15, 0.2) is 0 Å². The molecule has 0 aliphatic carbocycles. The number of aliphatic hydroxyl groups excluding tert-OH is 1. The third kappa shape index (κ3) is 6.07. The molecule has 118 valence electrons. The highest BCUT2D eigenvalue weighted by Gasteiger charge is 2.15. The van der Waals surface area contributed by atoms with Crippen molar-refractivity contribution in [1.82, 2.24) is 0 Å². The topological polar surface area (TPSA) is 85.2 Å². The molecular weight excluding hydrogens is 283 g/mol. The molecule has 0 amide bonds. The second-order valence-corrected chi connectivity index (χ2v) is 4.51. The molecule has 2 atom stereocenters. The molecule has 0 aliphatic rings. The number of aromatic carboxylic acids is 1. The smallest absolute Gasteiger partial charge is 0.339 e. The second kappa shape index (κ2) is 8.56. The summed E-state index contributed by atoms with van der Waals surface area (Å²) in [6, 6.07) is 3.16. The van der Waals surface area contributed by atoms with E-state index in [9.17, 15) is 14.3 Å². The van der Waals surface area contributed by atoms with Crippen LogP contribution in [-0.4, -0.2) is 55.3 Å². The maximum Gasteiger partial charge on any atom is 0.339 e. The van der Waals surface area contributed by atoms with Gasteiger partial charge in [-0.05, 0) is 25.1 Å². The number of halogens is 1. The Labute approximate surface area is 122 Å². The van der Waals surface area contributed by atoms with Crippen LogP contribution in [-0.2, 0) is 9.47 Å². The van der Waals surface area contributed by atoms with Crippen molar-refractivity contribution in [3.05, 3.63) is 29.6 Å². The van der Waals surface area contributed by atoms with E-state index in [4.69, 9.17) is 19.3 Å². The molecule has 6 nitrogen and oxygen atoms in total. The summed E-state index contributed by atoms with van der Waals surface area (Å²) in [5, 5.41) is 18.6. The quantitative estimate of drug-likeness (QED) is 0.715.